The molecular formula is C30H33ClFN3O4S. The highest BCUT2D eigenvalue weighted by atomic mass is 35.5. The summed E-state index contributed by atoms with van der Waals surface area (Å²) >= 11 is 6.20. The Kier molecular flexibility index (Phi) is 9.81. The Morgan fingerprint density at radius 1 is 1.00 bits per heavy atom. The number of sulfonamides is 1. The van der Waals surface area contributed by atoms with Crippen LogP contribution in [0.5, 0.6) is 0 Å². The van der Waals surface area contributed by atoms with Crippen molar-refractivity contribution in [3.63, 3.8) is 0 Å². The molecule has 1 fully saturated rings. The Bertz CT molecular complexity index is 1410. The number of carbonyl (C=O) groups excluding carboxylic acids is 2. The predicted molar refractivity (Wildman–Crippen MR) is 154 cm³/mol. The fourth-order valence-corrected chi connectivity index (χ4v) is 6.56. The molecule has 0 spiro atoms. The number of anilines is 1. The molecule has 40 heavy (non-hydrogen) atoms. The van der Waals surface area contributed by atoms with Crippen LogP contribution in [0.15, 0.2) is 83.8 Å². The van der Waals surface area contributed by atoms with Gasteiger partial charge in [-0.2, -0.15) is 0 Å². The summed E-state index contributed by atoms with van der Waals surface area (Å²) in [5.74, 6) is -1.28. The van der Waals surface area contributed by atoms with Crippen LogP contribution >= 0.6 is 11.6 Å². The van der Waals surface area contributed by atoms with Gasteiger partial charge in [0.2, 0.25) is 11.8 Å². The van der Waals surface area contributed by atoms with Crippen LogP contribution in [0.25, 0.3) is 0 Å². The minimum absolute atomic E-state index is 0.00444. The number of carbonyl (C=O) groups is 2. The number of nitrogens with one attached hydrogen (secondary N) is 1. The van der Waals surface area contributed by atoms with Gasteiger partial charge in [0.15, 0.2) is 0 Å². The summed E-state index contributed by atoms with van der Waals surface area (Å²) in [6, 6.07) is 18.9. The van der Waals surface area contributed by atoms with Crippen molar-refractivity contribution in [2.24, 2.45) is 0 Å². The second-order valence-electron chi connectivity index (χ2n) is 9.87. The van der Waals surface area contributed by atoms with Crippen molar-refractivity contribution in [1.82, 2.24) is 10.2 Å². The van der Waals surface area contributed by atoms with Gasteiger partial charge in [0.1, 0.15) is 18.4 Å². The topological polar surface area (TPSA) is 86.8 Å². The lowest BCUT2D eigenvalue weighted by Gasteiger charge is -2.33. The van der Waals surface area contributed by atoms with Crippen molar-refractivity contribution < 1.29 is 22.4 Å². The molecule has 2 amide bonds. The molecule has 1 atom stereocenters. The van der Waals surface area contributed by atoms with E-state index >= 15 is 0 Å². The van der Waals surface area contributed by atoms with Crippen LogP contribution in [0.4, 0.5) is 10.1 Å². The molecule has 0 radical (unpaired) electrons. The first-order chi connectivity index (χ1) is 19.2. The normalized spacial score (nSPS) is 14.5. The van der Waals surface area contributed by atoms with Crippen molar-refractivity contribution in [3.05, 3.63) is 95.3 Å². The highest BCUT2D eigenvalue weighted by Gasteiger charge is 2.34. The first-order valence-electron chi connectivity index (χ1n) is 13.4. The van der Waals surface area contributed by atoms with Crippen molar-refractivity contribution in [2.45, 2.75) is 62.6 Å². The molecule has 212 valence electrons. The highest BCUT2D eigenvalue weighted by Crippen LogP contribution is 2.27. The molecule has 3 aromatic rings. The Morgan fingerprint density at radius 2 is 1.68 bits per heavy atom. The average molecular weight is 586 g/mol. The quantitative estimate of drug-likeness (QED) is 0.320. The van der Waals surface area contributed by atoms with Gasteiger partial charge < -0.3 is 10.2 Å². The van der Waals surface area contributed by atoms with E-state index in [4.69, 9.17) is 11.6 Å². The van der Waals surface area contributed by atoms with E-state index in [1.165, 1.54) is 35.2 Å². The summed E-state index contributed by atoms with van der Waals surface area (Å²) in [5.41, 5.74) is 0.831. The Morgan fingerprint density at radius 3 is 2.30 bits per heavy atom. The zero-order valence-electron chi connectivity index (χ0n) is 22.3. The van der Waals surface area contributed by atoms with Crippen LogP contribution in [0, 0.1) is 5.82 Å². The van der Waals surface area contributed by atoms with E-state index in [0.717, 1.165) is 30.0 Å². The van der Waals surface area contributed by atoms with Gasteiger partial charge >= 0.3 is 0 Å². The molecule has 1 saturated carbocycles. The maximum absolute atomic E-state index is 14.0. The second kappa shape index (κ2) is 13.3. The Hall–Kier alpha value is -3.43. The molecule has 0 bridgehead atoms. The number of nitrogens with zero attached hydrogens (tertiary/aromatic N) is 2. The lowest BCUT2D eigenvalue weighted by atomic mass is 10.1. The second-order valence-corrected chi connectivity index (χ2v) is 12.2. The number of halogens is 2. The molecule has 1 N–H and O–H groups in total. The SMILES string of the molecule is CC[C@H](C(=O)NC1CCCC1)N(Cc1ccc(F)cc1)C(=O)CN(c1cccc(Cl)c1)S(=O)(=O)c1ccccc1. The Balaban J connectivity index is 1.70. The summed E-state index contributed by atoms with van der Waals surface area (Å²) in [7, 11) is -4.17. The van der Waals surface area contributed by atoms with E-state index in [1.807, 2.05) is 0 Å². The number of benzene rings is 3. The first kappa shape index (κ1) is 29.6. The molecule has 7 nitrogen and oxygen atoms in total. The third kappa shape index (κ3) is 7.20. The van der Waals surface area contributed by atoms with Crippen molar-refractivity contribution in [3.8, 4) is 0 Å². The third-order valence-corrected chi connectivity index (χ3v) is 9.08. The van der Waals surface area contributed by atoms with Gasteiger partial charge in [-0.1, -0.05) is 67.8 Å². The van der Waals surface area contributed by atoms with Crippen LogP contribution in [0.2, 0.25) is 5.02 Å². The van der Waals surface area contributed by atoms with Gasteiger partial charge in [-0.05, 0) is 67.3 Å². The standard InChI is InChI=1S/C30H33ClFN3O4S/c1-2-28(30(37)33-25-10-6-7-11-25)34(20-22-15-17-24(32)18-16-22)29(36)21-35(26-12-8-9-23(31)19-26)40(38,39)27-13-4-3-5-14-27/h3-5,8-9,12-19,25,28H,2,6-7,10-11,20-21H2,1H3,(H,33,37)/t28-/m1/s1. The van der Waals surface area contributed by atoms with Crippen molar-refractivity contribution in [2.75, 3.05) is 10.8 Å². The average Bonchev–Trinajstić information content (AvgIpc) is 3.46. The molecule has 0 unspecified atom stereocenters. The summed E-state index contributed by atoms with van der Waals surface area (Å²) < 4.78 is 42.2. The fraction of sp³-hybridized carbons (Fsp3) is 0.333. The smallest absolute Gasteiger partial charge is 0.264 e. The maximum Gasteiger partial charge on any atom is 0.264 e. The molecular weight excluding hydrogens is 553 g/mol. The molecule has 0 saturated heterocycles. The van der Waals surface area contributed by atoms with Crippen molar-refractivity contribution >= 4 is 39.1 Å². The summed E-state index contributed by atoms with van der Waals surface area (Å²) in [5, 5.41) is 3.38. The fourth-order valence-electron chi connectivity index (χ4n) is 4.95. The van der Waals surface area contributed by atoms with Crippen molar-refractivity contribution in [1.29, 1.82) is 0 Å². The molecule has 10 heteroatoms. The number of hydrogen-bond donors (Lipinski definition) is 1. The molecule has 0 aliphatic heterocycles. The van der Waals surface area contributed by atoms with Gasteiger partial charge in [-0.3, -0.25) is 13.9 Å². The monoisotopic (exact) mass is 585 g/mol. The first-order valence-corrected chi connectivity index (χ1v) is 15.2. The minimum atomic E-state index is -4.17. The minimum Gasteiger partial charge on any atom is -0.352 e. The summed E-state index contributed by atoms with van der Waals surface area (Å²) in [6.07, 6.45) is 4.14. The zero-order valence-corrected chi connectivity index (χ0v) is 23.9. The van der Waals surface area contributed by atoms with E-state index in [-0.39, 0.29) is 29.1 Å². The van der Waals surface area contributed by atoms with Crippen LogP contribution in [0.3, 0.4) is 0 Å². The lowest BCUT2D eigenvalue weighted by molar-refractivity contribution is -0.140. The molecule has 0 heterocycles. The Labute approximate surface area is 240 Å². The largest absolute Gasteiger partial charge is 0.352 e. The predicted octanol–water partition coefficient (Wildman–Crippen LogP) is 5.54. The van der Waals surface area contributed by atoms with Crippen LogP contribution in [0.1, 0.15) is 44.6 Å². The van der Waals surface area contributed by atoms with Gasteiger partial charge in [0.05, 0.1) is 10.6 Å². The number of rotatable bonds is 11. The number of hydrogen-bond acceptors (Lipinski definition) is 4. The summed E-state index contributed by atoms with van der Waals surface area (Å²) in [4.78, 5) is 28.9. The summed E-state index contributed by atoms with van der Waals surface area (Å²) in [6.45, 7) is 1.25. The van der Waals surface area contributed by atoms with Gasteiger partial charge in [-0.15, -0.1) is 0 Å². The van der Waals surface area contributed by atoms with Crippen LogP contribution in [-0.4, -0.2) is 43.8 Å². The molecule has 1 aliphatic carbocycles. The maximum atomic E-state index is 14.0. The molecule has 1 aliphatic rings. The van der Waals surface area contributed by atoms with E-state index in [0.29, 0.717) is 17.0 Å². The van der Waals surface area contributed by atoms with Gasteiger partial charge in [0.25, 0.3) is 10.0 Å². The van der Waals surface area contributed by atoms with E-state index in [9.17, 15) is 22.4 Å². The third-order valence-electron chi connectivity index (χ3n) is 7.06. The highest BCUT2D eigenvalue weighted by molar-refractivity contribution is 7.92. The van der Waals surface area contributed by atoms with Gasteiger partial charge in [0, 0.05) is 17.6 Å². The van der Waals surface area contributed by atoms with Crippen LogP contribution in [-0.2, 0) is 26.2 Å². The van der Waals surface area contributed by atoms with E-state index < -0.39 is 34.3 Å². The molecule has 3 aromatic carbocycles. The molecule has 0 aromatic heterocycles. The van der Waals surface area contributed by atoms with Crippen LogP contribution < -0.4 is 9.62 Å². The molecule has 4 rings (SSSR count). The van der Waals surface area contributed by atoms with E-state index in [1.54, 1.807) is 55.5 Å². The number of amides is 2. The van der Waals surface area contributed by atoms with Gasteiger partial charge in [-0.25, -0.2) is 12.8 Å². The van der Waals surface area contributed by atoms with E-state index in [2.05, 4.69) is 5.32 Å². The lowest BCUT2D eigenvalue weighted by Crippen LogP contribution is -2.53. The zero-order chi connectivity index (χ0) is 28.7.